The number of nitriles is 1. The number of nitrogens with zero attached hydrogens (tertiary/aromatic N) is 2. The van der Waals surface area contributed by atoms with Gasteiger partial charge < -0.3 is 4.74 Å². The van der Waals surface area contributed by atoms with Crippen molar-refractivity contribution >= 4 is 40.2 Å². The molecule has 0 spiro atoms. The second kappa shape index (κ2) is 9.14. The average Bonchev–Trinajstić information content (AvgIpc) is 3.19. The van der Waals surface area contributed by atoms with Crippen LogP contribution in [0.5, 0.6) is 0 Å². The van der Waals surface area contributed by atoms with Crippen LogP contribution < -0.4 is 0 Å². The van der Waals surface area contributed by atoms with Crippen LogP contribution in [0.15, 0.2) is 72.1 Å². The molecule has 0 amide bonds. The van der Waals surface area contributed by atoms with Crippen molar-refractivity contribution in [1.82, 2.24) is 4.98 Å². The first-order valence-corrected chi connectivity index (χ1v) is 9.65. The molecule has 6 heteroatoms. The van der Waals surface area contributed by atoms with E-state index in [1.54, 1.807) is 37.3 Å². The molecule has 3 aromatic rings. The predicted molar refractivity (Wildman–Crippen MR) is 112 cm³/mol. The molecule has 0 bridgehead atoms. The minimum absolute atomic E-state index is 0.0881. The summed E-state index contributed by atoms with van der Waals surface area (Å²) in [5.41, 5.74) is 2.28. The minimum Gasteiger partial charge on any atom is -0.421 e. The van der Waals surface area contributed by atoms with E-state index in [-0.39, 0.29) is 11.3 Å². The number of carbonyl (C=O) groups excluding carboxylic acids is 1. The molecule has 3 rings (SSSR count). The van der Waals surface area contributed by atoms with Crippen molar-refractivity contribution < 1.29 is 9.53 Å². The van der Waals surface area contributed by atoms with E-state index in [1.807, 2.05) is 35.7 Å². The number of halogens is 1. The molecule has 0 aliphatic carbocycles. The molecule has 0 N–H and O–H groups in total. The number of carbonyl (C=O) groups is 1. The number of hydrogen-bond donors (Lipinski definition) is 0. The molecule has 0 saturated heterocycles. The Balaban J connectivity index is 2.14. The van der Waals surface area contributed by atoms with E-state index in [1.165, 1.54) is 17.4 Å². The van der Waals surface area contributed by atoms with E-state index in [0.29, 0.717) is 15.6 Å². The number of rotatable bonds is 5. The molecular weight excluding hydrogens is 392 g/mol. The van der Waals surface area contributed by atoms with E-state index in [0.717, 1.165) is 11.3 Å². The molecule has 0 radical (unpaired) electrons. The Hall–Kier alpha value is -3.20. The molecule has 2 aromatic carbocycles. The second-order valence-corrected chi connectivity index (χ2v) is 6.89. The van der Waals surface area contributed by atoms with Crippen LogP contribution in [0.1, 0.15) is 17.5 Å². The molecule has 0 saturated carbocycles. The van der Waals surface area contributed by atoms with Gasteiger partial charge in [0.2, 0.25) is 0 Å². The van der Waals surface area contributed by atoms with Crippen LogP contribution in [0.4, 0.5) is 0 Å². The molecular formula is C22H15ClN2O2S. The summed E-state index contributed by atoms with van der Waals surface area (Å²) in [6.45, 7) is 1.71. The van der Waals surface area contributed by atoms with Crippen LogP contribution in [0.3, 0.4) is 0 Å². The molecule has 138 valence electrons. The third-order valence-electron chi connectivity index (χ3n) is 3.75. The fourth-order valence-corrected chi connectivity index (χ4v) is 3.52. The summed E-state index contributed by atoms with van der Waals surface area (Å²) < 4.78 is 5.49. The lowest BCUT2D eigenvalue weighted by Crippen LogP contribution is -2.03. The van der Waals surface area contributed by atoms with Crippen LogP contribution in [-0.2, 0) is 9.53 Å². The predicted octanol–water partition coefficient (Wildman–Crippen LogP) is 5.97. The molecule has 0 unspecified atom stereocenters. The molecule has 1 heterocycles. The van der Waals surface area contributed by atoms with Crippen molar-refractivity contribution in [2.75, 3.05) is 0 Å². The van der Waals surface area contributed by atoms with Crippen LogP contribution in [0, 0.1) is 11.3 Å². The van der Waals surface area contributed by atoms with Crippen molar-refractivity contribution in [3.63, 3.8) is 0 Å². The molecule has 4 nitrogen and oxygen atoms in total. The summed E-state index contributed by atoms with van der Waals surface area (Å²) in [6.07, 6.45) is 2.85. The normalized spacial score (nSPS) is 11.8. The van der Waals surface area contributed by atoms with Gasteiger partial charge in [-0.05, 0) is 19.1 Å². The maximum Gasteiger partial charge on any atom is 0.335 e. The Bertz CT molecular complexity index is 1090. The van der Waals surface area contributed by atoms with Crippen molar-refractivity contribution in [1.29, 1.82) is 5.26 Å². The number of esters is 1. The average molecular weight is 407 g/mol. The third-order valence-corrected chi connectivity index (χ3v) is 4.94. The molecule has 0 aliphatic heterocycles. The molecule has 0 fully saturated rings. The summed E-state index contributed by atoms with van der Waals surface area (Å²) in [5, 5.41) is 12.5. The van der Waals surface area contributed by atoms with Crippen molar-refractivity contribution in [2.45, 2.75) is 6.92 Å². The van der Waals surface area contributed by atoms with Gasteiger partial charge >= 0.3 is 5.97 Å². The van der Waals surface area contributed by atoms with Crippen molar-refractivity contribution in [2.24, 2.45) is 0 Å². The van der Waals surface area contributed by atoms with E-state index in [2.05, 4.69) is 11.1 Å². The van der Waals surface area contributed by atoms with Gasteiger partial charge in [0.05, 0.1) is 10.7 Å². The quantitative estimate of drug-likeness (QED) is 0.226. The largest absolute Gasteiger partial charge is 0.421 e. The summed E-state index contributed by atoms with van der Waals surface area (Å²) in [6, 6.07) is 18.7. The van der Waals surface area contributed by atoms with Gasteiger partial charge in [0.15, 0.2) is 5.76 Å². The summed E-state index contributed by atoms with van der Waals surface area (Å²) in [4.78, 5) is 16.7. The van der Waals surface area contributed by atoms with Crippen molar-refractivity contribution in [3.8, 4) is 17.3 Å². The first kappa shape index (κ1) is 19.6. The Kier molecular flexibility index (Phi) is 6.38. The maximum absolute atomic E-state index is 12.1. The van der Waals surface area contributed by atoms with Gasteiger partial charge in [-0.15, -0.1) is 11.3 Å². The van der Waals surface area contributed by atoms with Gasteiger partial charge in [0.1, 0.15) is 16.6 Å². The first-order valence-electron chi connectivity index (χ1n) is 8.39. The highest BCUT2D eigenvalue weighted by atomic mass is 35.5. The lowest BCUT2D eigenvalue weighted by atomic mass is 10.1. The van der Waals surface area contributed by atoms with Crippen LogP contribution in [0.25, 0.3) is 22.6 Å². The van der Waals surface area contributed by atoms with Gasteiger partial charge in [-0.2, -0.15) is 5.26 Å². The number of thiazole rings is 1. The van der Waals surface area contributed by atoms with E-state index < -0.39 is 5.97 Å². The fourth-order valence-electron chi connectivity index (χ4n) is 2.48. The van der Waals surface area contributed by atoms with E-state index in [4.69, 9.17) is 16.3 Å². The summed E-state index contributed by atoms with van der Waals surface area (Å²) >= 11 is 7.60. The zero-order valence-corrected chi connectivity index (χ0v) is 16.5. The van der Waals surface area contributed by atoms with Gasteiger partial charge in [-0.25, -0.2) is 9.78 Å². The smallest absolute Gasteiger partial charge is 0.335 e. The zero-order valence-electron chi connectivity index (χ0n) is 14.9. The highest BCUT2D eigenvalue weighted by Crippen LogP contribution is 2.34. The van der Waals surface area contributed by atoms with Gasteiger partial charge in [-0.3, -0.25) is 0 Å². The zero-order chi connectivity index (χ0) is 19.9. The number of ether oxygens (including phenoxy) is 1. The van der Waals surface area contributed by atoms with E-state index in [9.17, 15) is 10.1 Å². The van der Waals surface area contributed by atoms with Gasteiger partial charge in [0.25, 0.3) is 0 Å². The fraction of sp³-hybridized carbons (Fsp3) is 0.0455. The topological polar surface area (TPSA) is 63.0 Å². The highest BCUT2D eigenvalue weighted by molar-refractivity contribution is 7.11. The lowest BCUT2D eigenvalue weighted by molar-refractivity contribution is -0.131. The van der Waals surface area contributed by atoms with Crippen LogP contribution >= 0.6 is 22.9 Å². The Morgan fingerprint density at radius 1 is 1.18 bits per heavy atom. The highest BCUT2D eigenvalue weighted by Gasteiger charge is 2.21. The van der Waals surface area contributed by atoms with Gasteiger partial charge in [-0.1, -0.05) is 60.1 Å². The van der Waals surface area contributed by atoms with Crippen LogP contribution in [0.2, 0.25) is 5.02 Å². The van der Waals surface area contributed by atoms with Crippen LogP contribution in [-0.4, -0.2) is 11.0 Å². The Morgan fingerprint density at radius 2 is 1.89 bits per heavy atom. The molecule has 28 heavy (non-hydrogen) atoms. The SMILES string of the molecule is C/C=C/C(=O)OC(=C(C#N)c1nc(-c2ccccc2)cs1)c1ccccc1Cl. The molecule has 0 aliphatic rings. The van der Waals surface area contributed by atoms with E-state index >= 15 is 0 Å². The number of benzene rings is 2. The number of hydrogen-bond acceptors (Lipinski definition) is 5. The third kappa shape index (κ3) is 4.37. The monoisotopic (exact) mass is 406 g/mol. The maximum atomic E-state index is 12.1. The Morgan fingerprint density at radius 3 is 2.57 bits per heavy atom. The standard InChI is InChI=1S/C22H15ClN2O2S/c1-2-8-20(26)27-21(16-11-6-7-12-18(16)23)17(13-24)22-25-19(14-28-22)15-9-4-3-5-10-15/h2-12,14H,1H3/b8-2+,21-17?. The lowest BCUT2D eigenvalue weighted by Gasteiger charge is -2.11. The summed E-state index contributed by atoms with van der Waals surface area (Å²) in [7, 11) is 0. The second-order valence-electron chi connectivity index (χ2n) is 5.62. The molecule has 1 aromatic heterocycles. The number of aromatic nitrogens is 1. The minimum atomic E-state index is -0.593. The van der Waals surface area contributed by atoms with Gasteiger partial charge in [0, 0.05) is 22.6 Å². The first-order chi connectivity index (χ1) is 13.6. The molecule has 0 atom stereocenters. The summed E-state index contributed by atoms with van der Waals surface area (Å²) in [5.74, 6) is -0.504. The number of allylic oxidation sites excluding steroid dienone is 2. The van der Waals surface area contributed by atoms with Crippen molar-refractivity contribution in [3.05, 3.63) is 87.7 Å². The Labute approximate surface area is 172 Å².